The minimum Gasteiger partial charge on any atom is -0.0557 e. The molecule has 2 rings (SSSR count). The van der Waals surface area contributed by atoms with Crippen molar-refractivity contribution in [3.8, 4) is 11.1 Å². The molecule has 0 spiro atoms. The van der Waals surface area contributed by atoms with Crippen molar-refractivity contribution in [1.29, 1.82) is 0 Å². The van der Waals surface area contributed by atoms with Crippen LogP contribution >= 0.6 is 0 Å². The Morgan fingerprint density at radius 1 is 0.875 bits per heavy atom. The highest BCUT2D eigenvalue weighted by molar-refractivity contribution is 5.73. The van der Waals surface area contributed by atoms with Crippen LogP contribution in [0, 0.1) is 33.8 Å². The van der Waals surface area contributed by atoms with Gasteiger partial charge in [-0.25, -0.2) is 0 Å². The van der Waals surface area contributed by atoms with E-state index in [1.54, 1.807) is 0 Å². The first kappa shape index (κ1) is 10.9. The standard InChI is InChI=1S/C16H17/c1-11-9-13(3)16(14(4)10-11)15-8-6-5-7-12(15)2/h6-10H,1-4H3. The molecule has 1 radical (unpaired) electrons. The van der Waals surface area contributed by atoms with E-state index in [2.05, 4.69) is 52.0 Å². The molecule has 0 aliphatic rings. The number of rotatable bonds is 1. The molecule has 0 atom stereocenters. The first-order chi connectivity index (χ1) is 7.59. The zero-order valence-electron chi connectivity index (χ0n) is 10.4. The monoisotopic (exact) mass is 209 g/mol. The minimum absolute atomic E-state index is 1.29. The molecule has 0 saturated heterocycles. The van der Waals surface area contributed by atoms with E-state index in [-0.39, 0.29) is 0 Å². The zero-order chi connectivity index (χ0) is 11.7. The normalized spacial score (nSPS) is 10.5. The van der Waals surface area contributed by atoms with Crippen molar-refractivity contribution >= 4 is 0 Å². The van der Waals surface area contributed by atoms with Crippen molar-refractivity contribution in [2.75, 3.05) is 0 Å². The highest BCUT2D eigenvalue weighted by Gasteiger charge is 2.08. The molecule has 0 heterocycles. The van der Waals surface area contributed by atoms with Gasteiger partial charge in [0.1, 0.15) is 0 Å². The van der Waals surface area contributed by atoms with Crippen molar-refractivity contribution in [1.82, 2.24) is 0 Å². The van der Waals surface area contributed by atoms with Gasteiger partial charge in [-0.05, 0) is 61.6 Å². The summed E-state index contributed by atoms with van der Waals surface area (Å²) >= 11 is 0. The average Bonchev–Trinajstić information content (AvgIpc) is 2.19. The molecule has 0 aliphatic heterocycles. The van der Waals surface area contributed by atoms with Crippen LogP contribution in [0.3, 0.4) is 0 Å². The molecule has 0 bridgehead atoms. The molecule has 16 heavy (non-hydrogen) atoms. The summed E-state index contributed by atoms with van der Waals surface area (Å²) in [7, 11) is 0. The lowest BCUT2D eigenvalue weighted by Gasteiger charge is -2.13. The van der Waals surface area contributed by atoms with Crippen LogP contribution in [0.5, 0.6) is 0 Å². The molecule has 0 fully saturated rings. The number of hydrogen-bond acceptors (Lipinski definition) is 0. The van der Waals surface area contributed by atoms with Gasteiger partial charge >= 0.3 is 0 Å². The van der Waals surface area contributed by atoms with E-state index < -0.39 is 0 Å². The van der Waals surface area contributed by atoms with Crippen molar-refractivity contribution in [3.63, 3.8) is 0 Å². The van der Waals surface area contributed by atoms with Crippen LogP contribution in [0.4, 0.5) is 0 Å². The van der Waals surface area contributed by atoms with Crippen molar-refractivity contribution in [2.24, 2.45) is 0 Å². The molecule has 0 heteroatoms. The van der Waals surface area contributed by atoms with Gasteiger partial charge in [-0.3, -0.25) is 0 Å². The van der Waals surface area contributed by atoms with E-state index in [4.69, 9.17) is 0 Å². The summed E-state index contributed by atoms with van der Waals surface area (Å²) in [6, 6.07) is 13.8. The van der Waals surface area contributed by atoms with Gasteiger partial charge in [-0.1, -0.05) is 35.9 Å². The summed E-state index contributed by atoms with van der Waals surface area (Å²) in [5.41, 5.74) is 8.03. The van der Waals surface area contributed by atoms with E-state index in [1.165, 1.54) is 33.4 Å². The first-order valence-electron chi connectivity index (χ1n) is 5.64. The quantitative estimate of drug-likeness (QED) is 0.653. The lowest BCUT2D eigenvalue weighted by atomic mass is 9.91. The third-order valence-corrected chi connectivity index (χ3v) is 3.02. The first-order valence-corrected chi connectivity index (χ1v) is 5.64. The molecule has 0 N–H and O–H groups in total. The maximum Gasteiger partial charge on any atom is -0.0123 e. The van der Waals surface area contributed by atoms with E-state index in [0.717, 1.165) is 0 Å². The molecule has 0 nitrogen and oxygen atoms in total. The third-order valence-electron chi connectivity index (χ3n) is 3.02. The van der Waals surface area contributed by atoms with Crippen molar-refractivity contribution in [3.05, 3.63) is 58.7 Å². The topological polar surface area (TPSA) is 0 Å². The second-order valence-corrected chi connectivity index (χ2v) is 4.51. The predicted molar refractivity (Wildman–Crippen MR) is 69.7 cm³/mol. The van der Waals surface area contributed by atoms with Gasteiger partial charge in [-0.2, -0.15) is 0 Å². The van der Waals surface area contributed by atoms with Gasteiger partial charge < -0.3 is 0 Å². The maximum absolute atomic E-state index is 3.12. The summed E-state index contributed by atoms with van der Waals surface area (Å²) < 4.78 is 0. The zero-order valence-corrected chi connectivity index (χ0v) is 10.4. The molecule has 0 aromatic heterocycles. The Kier molecular flexibility index (Phi) is 2.82. The van der Waals surface area contributed by atoms with Crippen LogP contribution in [-0.4, -0.2) is 0 Å². The minimum atomic E-state index is 1.29. The molecule has 2 aromatic carbocycles. The van der Waals surface area contributed by atoms with Crippen molar-refractivity contribution < 1.29 is 0 Å². The molecule has 81 valence electrons. The Labute approximate surface area is 97.9 Å². The van der Waals surface area contributed by atoms with Gasteiger partial charge in [0.05, 0.1) is 0 Å². The summed E-state index contributed by atoms with van der Waals surface area (Å²) in [5.74, 6) is 0. The fourth-order valence-corrected chi connectivity index (χ4v) is 2.40. The van der Waals surface area contributed by atoms with Gasteiger partial charge in [0, 0.05) is 0 Å². The van der Waals surface area contributed by atoms with Crippen LogP contribution in [0.15, 0.2) is 30.3 Å². The number of hydrogen-bond donors (Lipinski definition) is 0. The Balaban J connectivity index is 2.70. The largest absolute Gasteiger partial charge is 0.0557 e. The lowest BCUT2D eigenvalue weighted by Crippen LogP contribution is -1.92. The molecular formula is C16H17. The third kappa shape index (κ3) is 1.88. The highest BCUT2D eigenvalue weighted by Crippen LogP contribution is 2.30. The van der Waals surface area contributed by atoms with Crippen molar-refractivity contribution in [2.45, 2.75) is 27.7 Å². The molecule has 0 unspecified atom stereocenters. The summed E-state index contributed by atoms with van der Waals surface area (Å²) in [4.78, 5) is 0. The fraction of sp³-hybridized carbons (Fsp3) is 0.250. The van der Waals surface area contributed by atoms with Crippen LogP contribution < -0.4 is 0 Å². The highest BCUT2D eigenvalue weighted by atomic mass is 14.1. The van der Waals surface area contributed by atoms with Gasteiger partial charge in [0.2, 0.25) is 0 Å². The second kappa shape index (κ2) is 4.13. The van der Waals surface area contributed by atoms with Crippen LogP contribution in [0.25, 0.3) is 11.1 Å². The molecule has 0 aliphatic carbocycles. The lowest BCUT2D eigenvalue weighted by molar-refractivity contribution is 1.31. The van der Waals surface area contributed by atoms with Gasteiger partial charge in [0.15, 0.2) is 0 Å². The van der Waals surface area contributed by atoms with Crippen LogP contribution in [0.2, 0.25) is 0 Å². The predicted octanol–water partition coefficient (Wildman–Crippen LogP) is 4.39. The number of aryl methyl sites for hydroxylation is 4. The molecule has 0 saturated carbocycles. The fourth-order valence-electron chi connectivity index (χ4n) is 2.40. The Morgan fingerprint density at radius 3 is 2.06 bits per heavy atom. The van der Waals surface area contributed by atoms with Gasteiger partial charge in [-0.15, -0.1) is 0 Å². The van der Waals surface area contributed by atoms with E-state index >= 15 is 0 Å². The molecular weight excluding hydrogens is 192 g/mol. The maximum atomic E-state index is 3.12. The summed E-state index contributed by atoms with van der Waals surface area (Å²) in [6.07, 6.45) is 0. The smallest absolute Gasteiger partial charge is 0.0123 e. The van der Waals surface area contributed by atoms with E-state index in [0.29, 0.717) is 0 Å². The average molecular weight is 209 g/mol. The Hall–Kier alpha value is -1.56. The van der Waals surface area contributed by atoms with Gasteiger partial charge in [0.25, 0.3) is 0 Å². The number of benzene rings is 2. The summed E-state index contributed by atoms with van der Waals surface area (Å²) in [5, 5.41) is 0. The van der Waals surface area contributed by atoms with E-state index in [1.807, 2.05) is 12.1 Å². The second-order valence-electron chi connectivity index (χ2n) is 4.51. The molecule has 2 aromatic rings. The summed E-state index contributed by atoms with van der Waals surface area (Å²) in [6.45, 7) is 8.66. The van der Waals surface area contributed by atoms with E-state index in [9.17, 15) is 0 Å². The SMILES string of the molecule is Cc1cc(C)c(-c2cc[c]cc2C)c(C)c1. The Bertz CT molecular complexity index is 498. The van der Waals surface area contributed by atoms with Crippen LogP contribution in [-0.2, 0) is 0 Å². The van der Waals surface area contributed by atoms with Crippen LogP contribution in [0.1, 0.15) is 22.3 Å². The molecule has 0 amide bonds. The Morgan fingerprint density at radius 2 is 1.50 bits per heavy atom.